The third-order valence-corrected chi connectivity index (χ3v) is 2.58. The van der Waals surface area contributed by atoms with Crippen LogP contribution in [0.15, 0.2) is 18.2 Å². The zero-order valence-corrected chi connectivity index (χ0v) is 9.70. The second kappa shape index (κ2) is 2.99. The number of benzene rings is 1. The largest absolute Gasteiger partial charge is 0.399 e. The van der Waals surface area contributed by atoms with Gasteiger partial charge in [0.25, 0.3) is 0 Å². The number of hydrogen-bond donors (Lipinski definition) is 1. The highest BCUT2D eigenvalue weighted by Crippen LogP contribution is 2.26. The third-order valence-electron chi connectivity index (χ3n) is 2.58. The predicted molar refractivity (Wildman–Crippen MR) is 63.8 cm³/mol. The van der Waals surface area contributed by atoms with Gasteiger partial charge < -0.3 is 10.3 Å². The molecule has 2 rings (SSSR count). The van der Waals surface area contributed by atoms with Crippen molar-refractivity contribution in [2.75, 3.05) is 5.73 Å². The molecular weight excluding hydrogens is 186 g/mol. The molecule has 0 aliphatic heterocycles. The van der Waals surface area contributed by atoms with Crippen molar-refractivity contribution in [2.45, 2.75) is 26.2 Å². The minimum atomic E-state index is 0.0581. The molecule has 3 heteroatoms. The predicted octanol–water partition coefficient (Wildman–Crippen LogP) is 2.45. The van der Waals surface area contributed by atoms with Gasteiger partial charge in [0.1, 0.15) is 5.82 Å². The molecule has 0 saturated heterocycles. The molecule has 0 saturated carbocycles. The Kier molecular flexibility index (Phi) is 2.00. The van der Waals surface area contributed by atoms with Crippen molar-refractivity contribution in [3.8, 4) is 0 Å². The van der Waals surface area contributed by atoms with Gasteiger partial charge in [0.15, 0.2) is 0 Å². The smallest absolute Gasteiger partial charge is 0.115 e. The summed E-state index contributed by atoms with van der Waals surface area (Å²) in [7, 11) is 2.05. The van der Waals surface area contributed by atoms with Gasteiger partial charge in [-0.25, -0.2) is 4.98 Å². The highest BCUT2D eigenvalue weighted by Gasteiger charge is 2.20. The number of hydrogen-bond acceptors (Lipinski definition) is 2. The molecule has 0 aliphatic rings. The van der Waals surface area contributed by atoms with E-state index in [-0.39, 0.29) is 5.41 Å². The SMILES string of the molecule is Cn1c(C(C)(C)C)nc2cc(N)ccc21. The molecule has 3 nitrogen and oxygen atoms in total. The van der Waals surface area contributed by atoms with E-state index in [0.717, 1.165) is 22.5 Å². The maximum absolute atomic E-state index is 5.74. The maximum Gasteiger partial charge on any atom is 0.115 e. The van der Waals surface area contributed by atoms with Crippen LogP contribution in [0.25, 0.3) is 11.0 Å². The number of rotatable bonds is 0. The van der Waals surface area contributed by atoms with Gasteiger partial charge in [0, 0.05) is 18.2 Å². The molecule has 1 heterocycles. The van der Waals surface area contributed by atoms with E-state index < -0.39 is 0 Å². The van der Waals surface area contributed by atoms with Crippen LogP contribution >= 0.6 is 0 Å². The Bertz CT molecular complexity index is 503. The van der Waals surface area contributed by atoms with Crippen LogP contribution in [0.1, 0.15) is 26.6 Å². The van der Waals surface area contributed by atoms with Crippen molar-refractivity contribution in [3.05, 3.63) is 24.0 Å². The van der Waals surface area contributed by atoms with Crippen molar-refractivity contribution in [3.63, 3.8) is 0 Å². The summed E-state index contributed by atoms with van der Waals surface area (Å²) in [6.45, 7) is 6.49. The van der Waals surface area contributed by atoms with E-state index in [1.165, 1.54) is 0 Å². The number of nitrogens with two attached hydrogens (primary N) is 1. The zero-order valence-electron chi connectivity index (χ0n) is 9.70. The molecule has 0 bridgehead atoms. The second-order valence-corrected chi connectivity index (χ2v) is 4.99. The first kappa shape index (κ1) is 10.0. The van der Waals surface area contributed by atoms with Gasteiger partial charge in [-0.2, -0.15) is 0 Å². The number of fused-ring (bicyclic) bond motifs is 1. The highest BCUT2D eigenvalue weighted by atomic mass is 15.1. The summed E-state index contributed by atoms with van der Waals surface area (Å²) in [5, 5.41) is 0. The Hall–Kier alpha value is -1.51. The van der Waals surface area contributed by atoms with Crippen molar-refractivity contribution in [2.24, 2.45) is 7.05 Å². The van der Waals surface area contributed by atoms with Crippen LogP contribution in [0.4, 0.5) is 5.69 Å². The highest BCUT2D eigenvalue weighted by molar-refractivity contribution is 5.79. The van der Waals surface area contributed by atoms with Gasteiger partial charge >= 0.3 is 0 Å². The fourth-order valence-electron chi connectivity index (χ4n) is 1.89. The van der Waals surface area contributed by atoms with Crippen molar-refractivity contribution in [1.29, 1.82) is 0 Å². The molecular formula is C12H17N3. The molecule has 2 aromatic rings. The lowest BCUT2D eigenvalue weighted by Crippen LogP contribution is -2.17. The van der Waals surface area contributed by atoms with E-state index in [4.69, 9.17) is 5.73 Å². The van der Waals surface area contributed by atoms with Crippen LogP contribution in [0.3, 0.4) is 0 Å². The Labute approximate surface area is 89.9 Å². The molecule has 1 aromatic heterocycles. The van der Waals surface area contributed by atoms with Gasteiger partial charge in [0.05, 0.1) is 11.0 Å². The Balaban J connectivity index is 2.75. The van der Waals surface area contributed by atoms with Crippen LogP contribution < -0.4 is 5.73 Å². The van der Waals surface area contributed by atoms with E-state index in [0.29, 0.717) is 0 Å². The molecule has 0 amide bonds. The zero-order chi connectivity index (χ0) is 11.2. The molecule has 0 aliphatic carbocycles. The molecule has 0 spiro atoms. The first-order chi connectivity index (χ1) is 6.89. The third kappa shape index (κ3) is 1.58. The maximum atomic E-state index is 5.74. The lowest BCUT2D eigenvalue weighted by molar-refractivity contribution is 0.526. The van der Waals surface area contributed by atoms with Gasteiger partial charge in [-0.15, -0.1) is 0 Å². The Morgan fingerprint density at radius 2 is 1.93 bits per heavy atom. The van der Waals surface area contributed by atoms with Crippen molar-refractivity contribution >= 4 is 16.7 Å². The molecule has 0 unspecified atom stereocenters. The fourth-order valence-corrected chi connectivity index (χ4v) is 1.89. The van der Waals surface area contributed by atoms with Crippen molar-refractivity contribution in [1.82, 2.24) is 9.55 Å². The van der Waals surface area contributed by atoms with E-state index in [2.05, 4.69) is 30.3 Å². The lowest BCUT2D eigenvalue weighted by atomic mass is 9.96. The topological polar surface area (TPSA) is 43.8 Å². The van der Waals surface area contributed by atoms with Crippen LogP contribution in [0.2, 0.25) is 0 Å². The fraction of sp³-hybridized carbons (Fsp3) is 0.417. The summed E-state index contributed by atoms with van der Waals surface area (Å²) in [6, 6.07) is 5.86. The summed E-state index contributed by atoms with van der Waals surface area (Å²) < 4.78 is 2.13. The number of aromatic nitrogens is 2. The summed E-state index contributed by atoms with van der Waals surface area (Å²) in [5.41, 5.74) is 8.67. The molecule has 2 N–H and O–H groups in total. The summed E-state index contributed by atoms with van der Waals surface area (Å²) in [4.78, 5) is 4.63. The number of nitrogens with zero attached hydrogens (tertiary/aromatic N) is 2. The minimum Gasteiger partial charge on any atom is -0.399 e. The normalized spacial score (nSPS) is 12.3. The standard InChI is InChI=1S/C12H17N3/c1-12(2,3)11-14-9-7-8(13)5-6-10(9)15(11)4/h5-7H,13H2,1-4H3. The van der Waals surface area contributed by atoms with Gasteiger partial charge in [-0.1, -0.05) is 20.8 Å². The van der Waals surface area contributed by atoms with E-state index >= 15 is 0 Å². The molecule has 80 valence electrons. The first-order valence-corrected chi connectivity index (χ1v) is 5.12. The number of nitrogen functional groups attached to an aromatic ring is 1. The molecule has 15 heavy (non-hydrogen) atoms. The van der Waals surface area contributed by atoms with Gasteiger partial charge in [-0.05, 0) is 18.2 Å². The molecule has 0 atom stereocenters. The van der Waals surface area contributed by atoms with E-state index in [1.54, 1.807) is 0 Å². The molecule has 0 fully saturated rings. The quantitative estimate of drug-likeness (QED) is 0.668. The molecule has 0 radical (unpaired) electrons. The van der Waals surface area contributed by atoms with Gasteiger partial charge in [-0.3, -0.25) is 0 Å². The minimum absolute atomic E-state index is 0.0581. The van der Waals surface area contributed by atoms with Crippen LogP contribution in [0.5, 0.6) is 0 Å². The average Bonchev–Trinajstić information content (AvgIpc) is 2.42. The van der Waals surface area contributed by atoms with Gasteiger partial charge in [0.2, 0.25) is 0 Å². The van der Waals surface area contributed by atoms with Crippen LogP contribution in [-0.2, 0) is 12.5 Å². The number of imidazole rings is 1. The number of aryl methyl sites for hydroxylation is 1. The number of anilines is 1. The summed E-state index contributed by atoms with van der Waals surface area (Å²) in [5.74, 6) is 1.09. The summed E-state index contributed by atoms with van der Waals surface area (Å²) >= 11 is 0. The average molecular weight is 203 g/mol. The van der Waals surface area contributed by atoms with E-state index in [9.17, 15) is 0 Å². The van der Waals surface area contributed by atoms with E-state index in [1.807, 2.05) is 25.2 Å². The first-order valence-electron chi connectivity index (χ1n) is 5.12. The van der Waals surface area contributed by atoms with Crippen LogP contribution in [0, 0.1) is 0 Å². The van der Waals surface area contributed by atoms with Crippen LogP contribution in [-0.4, -0.2) is 9.55 Å². The Morgan fingerprint density at radius 3 is 2.53 bits per heavy atom. The summed E-state index contributed by atoms with van der Waals surface area (Å²) in [6.07, 6.45) is 0. The lowest BCUT2D eigenvalue weighted by Gasteiger charge is -2.17. The monoisotopic (exact) mass is 203 g/mol. The van der Waals surface area contributed by atoms with Crippen molar-refractivity contribution < 1.29 is 0 Å². The molecule has 1 aromatic carbocycles. The second-order valence-electron chi connectivity index (χ2n) is 4.99. The Morgan fingerprint density at radius 1 is 1.27 bits per heavy atom.